The molecule has 0 aliphatic heterocycles. The maximum Gasteiger partial charge on any atom is 0.335 e. The topological polar surface area (TPSA) is 37.3 Å². The van der Waals surface area contributed by atoms with Gasteiger partial charge in [0.1, 0.15) is 0 Å². The van der Waals surface area contributed by atoms with Crippen molar-refractivity contribution in [1.82, 2.24) is 0 Å². The highest BCUT2D eigenvalue weighted by molar-refractivity contribution is 5.92. The summed E-state index contributed by atoms with van der Waals surface area (Å²) in [6.45, 7) is 0. The van der Waals surface area contributed by atoms with Crippen LogP contribution in [0.1, 0.15) is 10.4 Å². The molecule has 0 atom stereocenters. The predicted octanol–water partition coefficient (Wildman–Crippen LogP) is 2.91. The summed E-state index contributed by atoms with van der Waals surface area (Å²) in [5.74, 6) is -0.876. The van der Waals surface area contributed by atoms with Crippen molar-refractivity contribution >= 4 is 18.4 Å². The zero-order valence-electron chi connectivity index (χ0n) is 7.31. The van der Waals surface area contributed by atoms with Gasteiger partial charge in [-0.1, -0.05) is 30.3 Å². The Morgan fingerprint density at radius 2 is 1.50 bits per heavy atom. The minimum absolute atomic E-state index is 0. The number of hydrogen-bond acceptors (Lipinski definition) is 1. The van der Waals surface area contributed by atoms with Crippen LogP contribution in [0.5, 0.6) is 0 Å². The molecule has 0 spiro atoms. The molecule has 72 valence electrons. The second-order valence-electron chi connectivity index (χ2n) is 2.87. The SMILES string of the molecule is Cl.O=C(O)c1cc2cccccc-2c1. The Balaban J connectivity index is 0.000000980. The van der Waals surface area contributed by atoms with Gasteiger partial charge < -0.3 is 5.11 Å². The maximum atomic E-state index is 10.6. The Morgan fingerprint density at radius 1 is 1.00 bits per heavy atom. The highest BCUT2D eigenvalue weighted by Crippen LogP contribution is 2.24. The van der Waals surface area contributed by atoms with Crippen LogP contribution in [0.25, 0.3) is 11.1 Å². The zero-order chi connectivity index (χ0) is 9.26. The lowest BCUT2D eigenvalue weighted by atomic mass is 10.2. The summed E-state index contributed by atoms with van der Waals surface area (Å²) in [5, 5.41) is 8.75. The van der Waals surface area contributed by atoms with E-state index in [1.165, 1.54) is 0 Å². The number of rotatable bonds is 1. The van der Waals surface area contributed by atoms with Gasteiger partial charge in [0, 0.05) is 0 Å². The first-order valence-corrected chi connectivity index (χ1v) is 3.99. The summed E-state index contributed by atoms with van der Waals surface area (Å²) in [6.07, 6.45) is 0. The highest BCUT2D eigenvalue weighted by Gasteiger charge is 2.09. The molecule has 0 amide bonds. The number of hydrogen-bond donors (Lipinski definition) is 1. The Labute approximate surface area is 87.9 Å². The third-order valence-corrected chi connectivity index (χ3v) is 1.98. The first-order valence-electron chi connectivity index (χ1n) is 3.99. The standard InChI is InChI=1S/C11H8O2.ClH/c12-11(13)10-6-8-4-2-1-3-5-9(8)7-10;/h1-7H,(H,12,13);1H. The Hall–Kier alpha value is -1.54. The molecule has 2 rings (SSSR count). The van der Waals surface area contributed by atoms with E-state index < -0.39 is 5.97 Å². The molecule has 0 saturated heterocycles. The number of aromatic carboxylic acids is 1. The Bertz CT molecular complexity index is 395. The number of fused-ring (bicyclic) bond motifs is 1. The molecule has 0 aromatic heterocycles. The third-order valence-electron chi connectivity index (χ3n) is 1.98. The fourth-order valence-electron chi connectivity index (χ4n) is 1.34. The van der Waals surface area contributed by atoms with Gasteiger partial charge >= 0.3 is 5.97 Å². The van der Waals surface area contributed by atoms with Crippen molar-refractivity contribution in [2.45, 2.75) is 0 Å². The quantitative estimate of drug-likeness (QED) is 0.783. The van der Waals surface area contributed by atoms with E-state index in [4.69, 9.17) is 5.11 Å². The molecule has 0 aromatic rings. The molecular formula is C11H9ClO2. The van der Waals surface area contributed by atoms with Crippen LogP contribution in [0.2, 0.25) is 0 Å². The summed E-state index contributed by atoms with van der Waals surface area (Å²) >= 11 is 0. The predicted molar refractivity (Wildman–Crippen MR) is 57.3 cm³/mol. The van der Waals surface area contributed by atoms with Crippen molar-refractivity contribution in [2.24, 2.45) is 0 Å². The average Bonchev–Trinajstić information content (AvgIpc) is 2.38. The van der Waals surface area contributed by atoms with Crippen LogP contribution >= 0.6 is 12.4 Å². The van der Waals surface area contributed by atoms with E-state index >= 15 is 0 Å². The molecule has 2 aliphatic carbocycles. The van der Waals surface area contributed by atoms with E-state index in [-0.39, 0.29) is 12.4 Å². The highest BCUT2D eigenvalue weighted by atomic mass is 35.5. The van der Waals surface area contributed by atoms with Gasteiger partial charge in [-0.05, 0) is 23.3 Å². The zero-order valence-corrected chi connectivity index (χ0v) is 8.12. The lowest BCUT2D eigenvalue weighted by Gasteiger charge is -1.85. The molecule has 0 radical (unpaired) electrons. The number of carbonyl (C=O) groups is 1. The Kier molecular flexibility index (Phi) is 3.10. The third kappa shape index (κ3) is 1.86. The van der Waals surface area contributed by atoms with Crippen molar-refractivity contribution < 1.29 is 9.90 Å². The van der Waals surface area contributed by atoms with E-state index in [0.29, 0.717) is 5.56 Å². The molecule has 0 aromatic carbocycles. The smallest absolute Gasteiger partial charge is 0.335 e. The molecule has 3 heteroatoms. The first kappa shape index (κ1) is 10.5. The van der Waals surface area contributed by atoms with Crippen molar-refractivity contribution in [1.29, 1.82) is 0 Å². The molecule has 14 heavy (non-hydrogen) atoms. The van der Waals surface area contributed by atoms with Crippen molar-refractivity contribution in [3.05, 3.63) is 48.0 Å². The normalized spacial score (nSPS) is 9.43. The molecule has 0 saturated carbocycles. The van der Waals surface area contributed by atoms with Gasteiger partial charge in [-0.3, -0.25) is 0 Å². The number of carboxylic acids is 1. The fourth-order valence-corrected chi connectivity index (χ4v) is 1.34. The minimum Gasteiger partial charge on any atom is -0.478 e. The molecule has 1 N–H and O–H groups in total. The van der Waals surface area contributed by atoms with Crippen molar-refractivity contribution in [2.75, 3.05) is 0 Å². The van der Waals surface area contributed by atoms with Gasteiger partial charge in [0.05, 0.1) is 5.56 Å². The van der Waals surface area contributed by atoms with E-state index in [2.05, 4.69) is 0 Å². The lowest BCUT2D eigenvalue weighted by Crippen LogP contribution is -1.91. The van der Waals surface area contributed by atoms with Gasteiger partial charge in [-0.15, -0.1) is 12.4 Å². The number of halogens is 1. The van der Waals surface area contributed by atoms with Gasteiger partial charge in [-0.2, -0.15) is 0 Å². The molecular weight excluding hydrogens is 200 g/mol. The van der Waals surface area contributed by atoms with Crippen LogP contribution in [0.3, 0.4) is 0 Å². The van der Waals surface area contributed by atoms with E-state index in [1.807, 2.05) is 30.3 Å². The van der Waals surface area contributed by atoms with Crippen LogP contribution in [0.4, 0.5) is 0 Å². The second-order valence-corrected chi connectivity index (χ2v) is 2.87. The fraction of sp³-hybridized carbons (Fsp3) is 0. The van der Waals surface area contributed by atoms with Crippen molar-refractivity contribution in [3.63, 3.8) is 0 Å². The van der Waals surface area contributed by atoms with Gasteiger partial charge in [0.15, 0.2) is 0 Å². The largest absolute Gasteiger partial charge is 0.478 e. The molecule has 2 nitrogen and oxygen atoms in total. The maximum absolute atomic E-state index is 10.6. The monoisotopic (exact) mass is 208 g/mol. The van der Waals surface area contributed by atoms with Crippen LogP contribution in [-0.4, -0.2) is 11.1 Å². The summed E-state index contributed by atoms with van der Waals surface area (Å²) < 4.78 is 0. The summed E-state index contributed by atoms with van der Waals surface area (Å²) in [4.78, 5) is 10.6. The Morgan fingerprint density at radius 3 is 1.93 bits per heavy atom. The first-order chi connectivity index (χ1) is 6.27. The summed E-state index contributed by atoms with van der Waals surface area (Å²) in [5.41, 5.74) is 2.27. The van der Waals surface area contributed by atoms with E-state index in [1.54, 1.807) is 12.1 Å². The van der Waals surface area contributed by atoms with E-state index in [9.17, 15) is 4.79 Å². The lowest BCUT2D eigenvalue weighted by molar-refractivity contribution is 0.0697. The van der Waals surface area contributed by atoms with Gasteiger partial charge in [0.2, 0.25) is 0 Å². The molecule has 0 unspecified atom stereocenters. The summed E-state index contributed by atoms with van der Waals surface area (Å²) in [7, 11) is 0. The van der Waals surface area contributed by atoms with E-state index in [0.717, 1.165) is 11.1 Å². The molecule has 0 bridgehead atoms. The molecule has 2 aliphatic rings. The minimum atomic E-state index is -0.876. The second kappa shape index (κ2) is 4.11. The van der Waals surface area contributed by atoms with Crippen LogP contribution in [-0.2, 0) is 0 Å². The molecule has 0 heterocycles. The molecule has 0 fully saturated rings. The van der Waals surface area contributed by atoms with Crippen LogP contribution in [0, 0.1) is 0 Å². The summed E-state index contributed by atoms with van der Waals surface area (Å²) in [6, 6.07) is 12.9. The average molecular weight is 209 g/mol. The van der Waals surface area contributed by atoms with Crippen LogP contribution < -0.4 is 0 Å². The van der Waals surface area contributed by atoms with Gasteiger partial charge in [-0.25, -0.2) is 4.79 Å². The van der Waals surface area contributed by atoms with Crippen molar-refractivity contribution in [3.8, 4) is 11.1 Å². The number of carboxylic acid groups (broad SMARTS) is 1. The van der Waals surface area contributed by atoms with Crippen LogP contribution in [0.15, 0.2) is 42.5 Å². The van der Waals surface area contributed by atoms with Gasteiger partial charge in [0.25, 0.3) is 0 Å².